The van der Waals surface area contributed by atoms with E-state index in [-0.39, 0.29) is 12.1 Å². The molecule has 2 heterocycles. The number of aryl methyl sites for hydroxylation is 1. The Labute approximate surface area is 135 Å². The molecule has 7 nitrogen and oxygen atoms in total. The Kier molecular flexibility index (Phi) is 4.75. The van der Waals surface area contributed by atoms with Gasteiger partial charge in [-0.15, -0.1) is 10.2 Å². The fourth-order valence-electron chi connectivity index (χ4n) is 2.63. The monoisotopic (exact) mass is 315 g/mol. The van der Waals surface area contributed by atoms with Crippen molar-refractivity contribution in [2.75, 3.05) is 19.6 Å². The zero-order chi connectivity index (χ0) is 16.1. The highest BCUT2D eigenvalue weighted by atomic mass is 16.5. The van der Waals surface area contributed by atoms with Crippen LogP contribution in [0.15, 0.2) is 36.7 Å². The van der Waals surface area contributed by atoms with Crippen LogP contribution in [0.1, 0.15) is 12.2 Å². The number of nitrogens with one attached hydrogen (secondary N) is 1. The molecule has 7 heteroatoms. The van der Waals surface area contributed by atoms with Crippen LogP contribution in [0.3, 0.4) is 0 Å². The number of urea groups is 1. The van der Waals surface area contributed by atoms with Gasteiger partial charge in [0.05, 0.1) is 6.54 Å². The standard InChI is InChI=1S/C16H21N5O2/c1-20-12-18-19-15(20)7-9-17-16(22)21-10-8-14(11-21)23-13-5-3-2-4-6-13/h2-6,12,14H,7-11H2,1H3,(H,17,22)/t14-/m0/s1. The molecule has 1 saturated heterocycles. The maximum atomic E-state index is 12.2. The number of rotatable bonds is 5. The molecule has 1 aromatic carbocycles. The number of benzene rings is 1. The Hall–Kier alpha value is -2.57. The van der Waals surface area contributed by atoms with Crippen LogP contribution in [-0.4, -0.2) is 51.4 Å². The molecule has 3 rings (SSSR count). The van der Waals surface area contributed by atoms with E-state index in [2.05, 4.69) is 15.5 Å². The van der Waals surface area contributed by atoms with Crippen molar-refractivity contribution in [3.63, 3.8) is 0 Å². The Morgan fingerprint density at radius 3 is 2.96 bits per heavy atom. The molecule has 1 atom stereocenters. The van der Waals surface area contributed by atoms with E-state index in [4.69, 9.17) is 4.74 Å². The maximum Gasteiger partial charge on any atom is 0.317 e. The lowest BCUT2D eigenvalue weighted by molar-refractivity contribution is 0.187. The molecule has 1 aliphatic rings. The minimum atomic E-state index is -0.0497. The molecule has 1 fully saturated rings. The fourth-order valence-corrected chi connectivity index (χ4v) is 2.63. The molecule has 0 spiro atoms. The maximum absolute atomic E-state index is 12.2. The number of amides is 2. The summed E-state index contributed by atoms with van der Waals surface area (Å²) in [7, 11) is 1.89. The highest BCUT2D eigenvalue weighted by molar-refractivity contribution is 5.74. The van der Waals surface area contributed by atoms with Crippen molar-refractivity contribution in [1.82, 2.24) is 25.0 Å². The number of nitrogens with zero attached hydrogens (tertiary/aromatic N) is 4. The van der Waals surface area contributed by atoms with Crippen LogP contribution in [0.2, 0.25) is 0 Å². The minimum absolute atomic E-state index is 0.0497. The van der Waals surface area contributed by atoms with Crippen LogP contribution in [0.4, 0.5) is 4.79 Å². The summed E-state index contributed by atoms with van der Waals surface area (Å²) in [4.78, 5) is 14.0. The summed E-state index contributed by atoms with van der Waals surface area (Å²) in [5, 5.41) is 10.7. The van der Waals surface area contributed by atoms with E-state index < -0.39 is 0 Å². The van der Waals surface area contributed by atoms with E-state index in [0.717, 1.165) is 18.0 Å². The number of para-hydroxylation sites is 1. The first-order valence-corrected chi connectivity index (χ1v) is 7.80. The van der Waals surface area contributed by atoms with Gasteiger partial charge in [-0.25, -0.2) is 4.79 Å². The number of carbonyl (C=O) groups is 1. The number of ether oxygens (including phenoxy) is 1. The Balaban J connectivity index is 1.41. The average molecular weight is 315 g/mol. The van der Waals surface area contributed by atoms with Crippen LogP contribution < -0.4 is 10.1 Å². The largest absolute Gasteiger partial charge is 0.489 e. The Bertz CT molecular complexity index is 643. The summed E-state index contributed by atoms with van der Waals surface area (Å²) >= 11 is 0. The molecule has 2 aromatic rings. The number of hydrogen-bond donors (Lipinski definition) is 1. The van der Waals surface area contributed by atoms with Gasteiger partial charge in [0.2, 0.25) is 0 Å². The Morgan fingerprint density at radius 2 is 2.22 bits per heavy atom. The van der Waals surface area contributed by atoms with Gasteiger partial charge < -0.3 is 19.5 Å². The summed E-state index contributed by atoms with van der Waals surface area (Å²) in [6.07, 6.45) is 3.23. The molecule has 1 aliphatic heterocycles. The summed E-state index contributed by atoms with van der Waals surface area (Å²) in [6, 6.07) is 9.67. The van der Waals surface area contributed by atoms with Gasteiger partial charge >= 0.3 is 6.03 Å². The molecule has 2 amide bonds. The lowest BCUT2D eigenvalue weighted by Gasteiger charge is -2.18. The molecular formula is C16H21N5O2. The molecular weight excluding hydrogens is 294 g/mol. The van der Waals surface area contributed by atoms with Crippen LogP contribution in [0.5, 0.6) is 5.75 Å². The third-order valence-corrected chi connectivity index (χ3v) is 3.91. The number of likely N-dealkylation sites (tertiary alicyclic amines) is 1. The first-order valence-electron chi connectivity index (χ1n) is 7.80. The van der Waals surface area contributed by atoms with Crippen molar-refractivity contribution in [2.24, 2.45) is 7.05 Å². The molecule has 0 saturated carbocycles. The van der Waals surface area contributed by atoms with Crippen molar-refractivity contribution in [2.45, 2.75) is 18.9 Å². The normalized spacial score (nSPS) is 17.3. The van der Waals surface area contributed by atoms with Gasteiger partial charge in [0.1, 0.15) is 24.0 Å². The van der Waals surface area contributed by atoms with Crippen molar-refractivity contribution >= 4 is 6.03 Å². The van der Waals surface area contributed by atoms with Gasteiger partial charge in [0, 0.05) is 33.0 Å². The predicted molar refractivity (Wildman–Crippen MR) is 85.2 cm³/mol. The first kappa shape index (κ1) is 15.3. The van der Waals surface area contributed by atoms with E-state index in [1.54, 1.807) is 11.2 Å². The molecule has 23 heavy (non-hydrogen) atoms. The smallest absolute Gasteiger partial charge is 0.317 e. The number of carbonyl (C=O) groups excluding carboxylic acids is 1. The van der Waals surface area contributed by atoms with E-state index in [1.165, 1.54) is 0 Å². The molecule has 1 N–H and O–H groups in total. The van der Waals surface area contributed by atoms with Crippen LogP contribution >= 0.6 is 0 Å². The quantitative estimate of drug-likeness (QED) is 0.900. The molecule has 0 radical (unpaired) electrons. The highest BCUT2D eigenvalue weighted by Crippen LogP contribution is 2.17. The van der Waals surface area contributed by atoms with Crippen molar-refractivity contribution in [1.29, 1.82) is 0 Å². The molecule has 1 aromatic heterocycles. The lowest BCUT2D eigenvalue weighted by atomic mass is 10.3. The summed E-state index contributed by atoms with van der Waals surface area (Å²) < 4.78 is 7.74. The molecule has 0 unspecified atom stereocenters. The SMILES string of the molecule is Cn1cnnc1CCNC(=O)N1CC[C@H](Oc2ccccc2)C1. The topological polar surface area (TPSA) is 72.3 Å². The summed E-state index contributed by atoms with van der Waals surface area (Å²) in [5.74, 6) is 1.71. The van der Waals surface area contributed by atoms with Crippen LogP contribution in [0.25, 0.3) is 0 Å². The number of aromatic nitrogens is 3. The van der Waals surface area contributed by atoms with Gasteiger partial charge in [-0.2, -0.15) is 0 Å². The zero-order valence-corrected chi connectivity index (χ0v) is 13.2. The number of hydrogen-bond acceptors (Lipinski definition) is 4. The lowest BCUT2D eigenvalue weighted by Crippen LogP contribution is -2.40. The van der Waals surface area contributed by atoms with Crippen molar-refractivity contribution in [3.8, 4) is 5.75 Å². The van der Waals surface area contributed by atoms with Gasteiger partial charge in [0.15, 0.2) is 0 Å². The van der Waals surface area contributed by atoms with Gasteiger partial charge in [-0.1, -0.05) is 18.2 Å². The van der Waals surface area contributed by atoms with Gasteiger partial charge in [0.25, 0.3) is 0 Å². The third kappa shape index (κ3) is 4.00. The van der Waals surface area contributed by atoms with Crippen molar-refractivity contribution in [3.05, 3.63) is 42.5 Å². The predicted octanol–water partition coefficient (Wildman–Crippen LogP) is 1.22. The highest BCUT2D eigenvalue weighted by Gasteiger charge is 2.27. The van der Waals surface area contributed by atoms with Crippen molar-refractivity contribution < 1.29 is 9.53 Å². The summed E-state index contributed by atoms with van der Waals surface area (Å²) in [6.45, 7) is 1.88. The second-order valence-corrected chi connectivity index (χ2v) is 5.63. The van der Waals surface area contributed by atoms with E-state index in [9.17, 15) is 4.79 Å². The average Bonchev–Trinajstić information content (AvgIpc) is 3.18. The molecule has 122 valence electrons. The summed E-state index contributed by atoms with van der Waals surface area (Å²) in [5.41, 5.74) is 0. The molecule has 0 aliphatic carbocycles. The minimum Gasteiger partial charge on any atom is -0.489 e. The van der Waals surface area contributed by atoms with Crippen LogP contribution in [0, 0.1) is 0 Å². The van der Waals surface area contributed by atoms with E-state index in [1.807, 2.05) is 41.9 Å². The van der Waals surface area contributed by atoms with Gasteiger partial charge in [-0.3, -0.25) is 0 Å². The molecule has 0 bridgehead atoms. The van der Waals surface area contributed by atoms with E-state index >= 15 is 0 Å². The second-order valence-electron chi connectivity index (χ2n) is 5.63. The second kappa shape index (κ2) is 7.13. The third-order valence-electron chi connectivity index (χ3n) is 3.91. The van der Waals surface area contributed by atoms with Gasteiger partial charge in [-0.05, 0) is 12.1 Å². The first-order chi connectivity index (χ1) is 11.2. The fraction of sp³-hybridized carbons (Fsp3) is 0.438. The zero-order valence-electron chi connectivity index (χ0n) is 13.2. The van der Waals surface area contributed by atoms with E-state index in [0.29, 0.717) is 26.1 Å². The Morgan fingerprint density at radius 1 is 1.39 bits per heavy atom. The van der Waals surface area contributed by atoms with Crippen LogP contribution in [-0.2, 0) is 13.5 Å².